The number of likely N-dealkylation sites (tertiary alicyclic amines) is 1. The molecule has 0 radical (unpaired) electrons. The third-order valence-corrected chi connectivity index (χ3v) is 3.59. The number of hydrogen-bond donors (Lipinski definition) is 1. The normalized spacial score (nSPS) is 17.6. The quantitative estimate of drug-likeness (QED) is 0.839. The smallest absolute Gasteiger partial charge is 0.407 e. The van der Waals surface area contributed by atoms with Gasteiger partial charge in [0, 0.05) is 12.1 Å². The Morgan fingerprint density at radius 3 is 2.86 bits per heavy atom. The van der Waals surface area contributed by atoms with Gasteiger partial charge in [0.05, 0.1) is 19.6 Å². The molecule has 114 valence electrons. The molecule has 21 heavy (non-hydrogen) atoms. The zero-order valence-electron chi connectivity index (χ0n) is 11.9. The lowest BCUT2D eigenvalue weighted by Gasteiger charge is -2.22. The third kappa shape index (κ3) is 3.87. The number of methoxy groups -OCH3 is 1. The van der Waals surface area contributed by atoms with Crippen molar-refractivity contribution in [3.63, 3.8) is 0 Å². The number of carbonyl (C=O) groups excluding carboxylic acids is 1. The monoisotopic (exact) mass is 293 g/mol. The molecule has 1 aromatic carbocycles. The number of esters is 1. The molecule has 1 aliphatic heterocycles. The van der Waals surface area contributed by atoms with E-state index in [0.29, 0.717) is 18.9 Å². The summed E-state index contributed by atoms with van der Waals surface area (Å²) in [5.74, 6) is 0.263. The van der Waals surface area contributed by atoms with Gasteiger partial charge in [0.15, 0.2) is 0 Å². The minimum Gasteiger partial charge on any atom is -0.491 e. The van der Waals surface area contributed by atoms with Crippen LogP contribution >= 0.6 is 0 Å². The average Bonchev–Trinajstić information content (AvgIpc) is 2.95. The summed E-state index contributed by atoms with van der Waals surface area (Å²) < 4.78 is 10.4. The molecule has 0 aromatic heterocycles. The Hall–Kier alpha value is -2.24. The van der Waals surface area contributed by atoms with Gasteiger partial charge in [0.25, 0.3) is 0 Å². The fourth-order valence-corrected chi connectivity index (χ4v) is 2.47. The van der Waals surface area contributed by atoms with Crippen molar-refractivity contribution in [2.75, 3.05) is 20.3 Å². The predicted octanol–water partition coefficient (Wildman–Crippen LogP) is 1.92. The fourth-order valence-electron chi connectivity index (χ4n) is 2.47. The van der Waals surface area contributed by atoms with Gasteiger partial charge in [-0.15, -0.1) is 0 Å². The fraction of sp³-hybridized carbons (Fsp3) is 0.467. The molecule has 1 aromatic rings. The second-order valence-corrected chi connectivity index (χ2v) is 4.94. The van der Waals surface area contributed by atoms with Crippen molar-refractivity contribution in [3.8, 4) is 5.75 Å². The van der Waals surface area contributed by atoms with Gasteiger partial charge in [-0.05, 0) is 18.9 Å². The Morgan fingerprint density at radius 1 is 1.38 bits per heavy atom. The number of carboxylic acid groups (broad SMARTS) is 1. The highest BCUT2D eigenvalue weighted by molar-refractivity contribution is 5.73. The van der Waals surface area contributed by atoms with Crippen LogP contribution < -0.4 is 4.74 Å². The van der Waals surface area contributed by atoms with E-state index in [0.717, 1.165) is 18.4 Å². The topological polar surface area (TPSA) is 76.1 Å². The highest BCUT2D eigenvalue weighted by Gasteiger charge is 2.29. The Kier molecular flexibility index (Phi) is 5.03. The van der Waals surface area contributed by atoms with Crippen LogP contribution in [0.2, 0.25) is 0 Å². The van der Waals surface area contributed by atoms with Crippen LogP contribution in [0.25, 0.3) is 0 Å². The third-order valence-electron chi connectivity index (χ3n) is 3.59. The van der Waals surface area contributed by atoms with Gasteiger partial charge in [-0.3, -0.25) is 4.79 Å². The molecule has 0 unspecified atom stereocenters. The highest BCUT2D eigenvalue weighted by Crippen LogP contribution is 2.22. The van der Waals surface area contributed by atoms with Gasteiger partial charge in [0.2, 0.25) is 0 Å². The molecule has 1 fully saturated rings. The zero-order valence-corrected chi connectivity index (χ0v) is 11.9. The van der Waals surface area contributed by atoms with Crippen molar-refractivity contribution in [1.82, 2.24) is 4.90 Å². The maximum atomic E-state index is 11.4. The van der Waals surface area contributed by atoms with Gasteiger partial charge >= 0.3 is 12.1 Å². The highest BCUT2D eigenvalue weighted by atomic mass is 16.5. The number of amides is 1. The Labute approximate surface area is 123 Å². The average molecular weight is 293 g/mol. The molecular formula is C15H19NO5. The SMILES string of the molecule is COC(=O)Cc1ccccc1OC[C@@H]1CCCN1C(=O)O. The summed E-state index contributed by atoms with van der Waals surface area (Å²) in [6.45, 7) is 0.845. The summed E-state index contributed by atoms with van der Waals surface area (Å²) in [4.78, 5) is 23.9. The van der Waals surface area contributed by atoms with E-state index in [1.165, 1.54) is 12.0 Å². The molecule has 0 saturated carbocycles. The summed E-state index contributed by atoms with van der Waals surface area (Å²) in [6.07, 6.45) is 0.874. The van der Waals surface area contributed by atoms with E-state index in [2.05, 4.69) is 4.74 Å². The second-order valence-electron chi connectivity index (χ2n) is 4.94. The van der Waals surface area contributed by atoms with Crippen molar-refractivity contribution in [1.29, 1.82) is 0 Å². The Balaban J connectivity index is 1.99. The Morgan fingerprint density at radius 2 is 2.14 bits per heavy atom. The first kappa shape index (κ1) is 15.2. The van der Waals surface area contributed by atoms with Gasteiger partial charge in [-0.2, -0.15) is 0 Å². The number of para-hydroxylation sites is 1. The van der Waals surface area contributed by atoms with Crippen molar-refractivity contribution in [2.45, 2.75) is 25.3 Å². The van der Waals surface area contributed by atoms with Crippen molar-refractivity contribution in [2.24, 2.45) is 0 Å². The van der Waals surface area contributed by atoms with Crippen molar-refractivity contribution >= 4 is 12.1 Å². The molecule has 1 aliphatic rings. The summed E-state index contributed by atoms with van der Waals surface area (Å²) in [6, 6.07) is 7.09. The molecule has 6 nitrogen and oxygen atoms in total. The van der Waals surface area contributed by atoms with Crippen LogP contribution in [0.1, 0.15) is 18.4 Å². The van der Waals surface area contributed by atoms with E-state index in [4.69, 9.17) is 9.84 Å². The number of carbonyl (C=O) groups is 2. The first-order chi connectivity index (χ1) is 10.1. The van der Waals surface area contributed by atoms with Crippen LogP contribution in [0.15, 0.2) is 24.3 Å². The molecule has 1 N–H and O–H groups in total. The zero-order chi connectivity index (χ0) is 15.2. The number of rotatable bonds is 5. The number of hydrogen-bond acceptors (Lipinski definition) is 4. The van der Waals surface area contributed by atoms with Crippen LogP contribution in [-0.2, 0) is 16.0 Å². The minimum absolute atomic E-state index is 0.131. The molecule has 1 heterocycles. The van der Waals surface area contributed by atoms with Gasteiger partial charge < -0.3 is 19.5 Å². The standard InChI is InChI=1S/C15H19NO5/c1-20-14(17)9-11-5-2-3-7-13(11)21-10-12-6-4-8-16(12)15(18)19/h2-3,5,7,12H,4,6,8-10H2,1H3,(H,18,19)/t12-/m0/s1. The summed E-state index contributed by atoms with van der Waals surface area (Å²) in [5.41, 5.74) is 0.740. The van der Waals surface area contributed by atoms with E-state index < -0.39 is 6.09 Å². The van der Waals surface area contributed by atoms with Crippen molar-refractivity contribution in [3.05, 3.63) is 29.8 Å². The van der Waals surface area contributed by atoms with E-state index in [9.17, 15) is 9.59 Å². The molecule has 0 spiro atoms. The largest absolute Gasteiger partial charge is 0.491 e. The van der Waals surface area contributed by atoms with E-state index in [1.54, 1.807) is 12.1 Å². The number of nitrogens with zero attached hydrogens (tertiary/aromatic N) is 1. The number of benzene rings is 1. The lowest BCUT2D eigenvalue weighted by atomic mass is 10.1. The molecule has 1 saturated heterocycles. The summed E-state index contributed by atoms with van der Waals surface area (Å²) in [7, 11) is 1.34. The maximum absolute atomic E-state index is 11.4. The summed E-state index contributed by atoms with van der Waals surface area (Å²) in [5, 5.41) is 9.10. The first-order valence-corrected chi connectivity index (χ1v) is 6.89. The van der Waals surface area contributed by atoms with Crippen LogP contribution in [0.5, 0.6) is 5.75 Å². The van der Waals surface area contributed by atoms with Gasteiger partial charge in [-0.1, -0.05) is 18.2 Å². The van der Waals surface area contributed by atoms with Crippen LogP contribution in [0.3, 0.4) is 0 Å². The van der Waals surface area contributed by atoms with Crippen LogP contribution in [-0.4, -0.2) is 48.4 Å². The van der Waals surface area contributed by atoms with E-state index in [1.807, 2.05) is 12.1 Å². The van der Waals surface area contributed by atoms with Crippen LogP contribution in [0, 0.1) is 0 Å². The molecule has 6 heteroatoms. The maximum Gasteiger partial charge on any atom is 0.407 e. The molecule has 0 aliphatic carbocycles. The molecule has 0 bridgehead atoms. The predicted molar refractivity (Wildman–Crippen MR) is 75.4 cm³/mol. The second kappa shape index (κ2) is 6.97. The van der Waals surface area contributed by atoms with Crippen molar-refractivity contribution < 1.29 is 24.2 Å². The number of ether oxygens (including phenoxy) is 2. The lowest BCUT2D eigenvalue weighted by Crippen LogP contribution is -2.38. The molecular weight excluding hydrogens is 274 g/mol. The molecule has 2 rings (SSSR count). The molecule has 1 amide bonds. The first-order valence-electron chi connectivity index (χ1n) is 6.89. The minimum atomic E-state index is -0.913. The van der Waals surface area contributed by atoms with E-state index >= 15 is 0 Å². The van der Waals surface area contributed by atoms with E-state index in [-0.39, 0.29) is 18.4 Å². The van der Waals surface area contributed by atoms with Gasteiger partial charge in [0.1, 0.15) is 12.4 Å². The van der Waals surface area contributed by atoms with Gasteiger partial charge in [-0.25, -0.2) is 4.79 Å². The molecule has 1 atom stereocenters. The summed E-state index contributed by atoms with van der Waals surface area (Å²) >= 11 is 0. The van der Waals surface area contributed by atoms with Crippen LogP contribution in [0.4, 0.5) is 4.79 Å². The Bertz CT molecular complexity index is 517. The lowest BCUT2D eigenvalue weighted by molar-refractivity contribution is -0.139.